The molecular formula is C15H14LiNO4. The molecule has 2 rings (SSSR count). The molecule has 0 saturated heterocycles. The van der Waals surface area contributed by atoms with Crippen molar-refractivity contribution in [2.75, 3.05) is 0 Å². The molecule has 104 valence electrons. The number of carboxylic acid groups (broad SMARTS) is 1. The monoisotopic (exact) mass is 279 g/mol. The van der Waals surface area contributed by atoms with Gasteiger partial charge in [-0.15, -0.1) is 0 Å². The summed E-state index contributed by atoms with van der Waals surface area (Å²) in [6.07, 6.45) is 1.66. The number of benzene rings is 1. The van der Waals surface area contributed by atoms with E-state index in [0.717, 1.165) is 12.5 Å². The number of hydrogen-bond acceptors (Lipinski definition) is 4. The van der Waals surface area contributed by atoms with E-state index in [1.807, 2.05) is 30.3 Å². The number of hydrogen-bond donors (Lipinski definition) is 1. The number of carboxylic acids is 1. The van der Waals surface area contributed by atoms with Gasteiger partial charge in [0.15, 0.2) is 0 Å². The van der Waals surface area contributed by atoms with Gasteiger partial charge in [0.1, 0.15) is 0 Å². The van der Waals surface area contributed by atoms with Crippen LogP contribution in [-0.4, -0.2) is 39.7 Å². The summed E-state index contributed by atoms with van der Waals surface area (Å²) in [6, 6.07) is 13.0. The number of aliphatic carboxylic acids is 1. The summed E-state index contributed by atoms with van der Waals surface area (Å²) in [7, 11) is 0. The van der Waals surface area contributed by atoms with Gasteiger partial charge in [-0.2, -0.15) is 0 Å². The first-order valence-corrected chi connectivity index (χ1v) is 6.33. The van der Waals surface area contributed by atoms with E-state index in [1.165, 1.54) is 0 Å². The van der Waals surface area contributed by atoms with Crippen molar-refractivity contribution >= 4 is 34.0 Å². The molecule has 1 heterocycles. The predicted molar refractivity (Wildman–Crippen MR) is 78.5 cm³/mol. The number of carbonyl (C=O) groups excluding carboxylic acids is 1. The first-order valence-electron chi connectivity index (χ1n) is 6.33. The summed E-state index contributed by atoms with van der Waals surface area (Å²) in [4.78, 5) is 24.8. The fourth-order valence-electron chi connectivity index (χ4n) is 1.50. The first-order chi connectivity index (χ1) is 10.0. The van der Waals surface area contributed by atoms with Gasteiger partial charge in [-0.25, -0.2) is 0 Å². The molecule has 1 aromatic carbocycles. The molecule has 21 heavy (non-hydrogen) atoms. The van der Waals surface area contributed by atoms with Crippen LogP contribution in [0.1, 0.15) is 22.8 Å². The van der Waals surface area contributed by atoms with Crippen molar-refractivity contribution in [2.45, 2.75) is 13.5 Å². The van der Waals surface area contributed by atoms with Gasteiger partial charge in [-0.05, 0) is 0 Å². The third-order valence-corrected chi connectivity index (χ3v) is 2.44. The van der Waals surface area contributed by atoms with Gasteiger partial charge in [0.25, 0.3) is 5.97 Å². The maximum atomic E-state index is 11.8. The molecule has 0 saturated carbocycles. The van der Waals surface area contributed by atoms with Crippen LogP contribution in [0, 0.1) is 0 Å². The van der Waals surface area contributed by atoms with E-state index >= 15 is 0 Å². The van der Waals surface area contributed by atoms with Crippen molar-refractivity contribution in [3.63, 3.8) is 0 Å². The van der Waals surface area contributed by atoms with Gasteiger partial charge >= 0.3 is 109 Å². The second-order valence-corrected chi connectivity index (χ2v) is 4.22. The molecule has 0 bridgehead atoms. The van der Waals surface area contributed by atoms with Gasteiger partial charge in [0.2, 0.25) is 0 Å². The number of pyridine rings is 1. The molecule has 6 heteroatoms. The molecule has 0 spiro atoms. The molecule has 0 radical (unpaired) electrons. The van der Waals surface area contributed by atoms with E-state index in [0.29, 0.717) is 9.93 Å². The fraction of sp³-hybridized carbons (Fsp3) is 0.133. The Morgan fingerprint density at radius 2 is 1.81 bits per heavy atom. The predicted octanol–water partition coefficient (Wildman–Crippen LogP) is 1.32. The molecule has 2 aromatic rings. The van der Waals surface area contributed by atoms with E-state index in [1.54, 1.807) is 36.0 Å². The second kappa shape index (κ2) is 8.96. The van der Waals surface area contributed by atoms with Gasteiger partial charge in [0, 0.05) is 6.92 Å². The topological polar surface area (TPSA) is 76.5 Å². The average molecular weight is 279 g/mol. The SMILES string of the molecule is CC(=O)O.[Li][c]1ncccc1C(=O)OCc1ccccc1. The number of ether oxygens (including phenoxy) is 1. The van der Waals surface area contributed by atoms with E-state index < -0.39 is 5.97 Å². The summed E-state index contributed by atoms with van der Waals surface area (Å²) >= 11 is 1.79. The van der Waals surface area contributed by atoms with Crippen molar-refractivity contribution in [2.24, 2.45) is 0 Å². The number of esters is 1. The third kappa shape index (κ3) is 6.75. The molecule has 0 aliphatic rings. The molecular weight excluding hydrogens is 265 g/mol. The first kappa shape index (κ1) is 17.0. The van der Waals surface area contributed by atoms with E-state index in [-0.39, 0.29) is 12.6 Å². The summed E-state index contributed by atoms with van der Waals surface area (Å²) in [5.41, 5.74) is 1.49. The molecule has 1 aromatic heterocycles. The minimum atomic E-state index is -0.833. The van der Waals surface area contributed by atoms with Crippen molar-refractivity contribution in [1.29, 1.82) is 0 Å². The number of nitrogens with zero attached hydrogens (tertiary/aromatic N) is 1. The van der Waals surface area contributed by atoms with Crippen molar-refractivity contribution < 1.29 is 19.4 Å². The third-order valence-electron chi connectivity index (χ3n) is 2.44. The molecule has 0 fully saturated rings. The van der Waals surface area contributed by atoms with E-state index in [9.17, 15) is 4.79 Å². The molecule has 0 aliphatic carbocycles. The minimum absolute atomic E-state index is 0.286. The molecule has 0 amide bonds. The Kier molecular flexibility index (Phi) is 7.23. The van der Waals surface area contributed by atoms with E-state index in [4.69, 9.17) is 14.6 Å². The van der Waals surface area contributed by atoms with Crippen molar-refractivity contribution in [3.8, 4) is 0 Å². The Morgan fingerprint density at radius 3 is 2.38 bits per heavy atom. The number of aromatic nitrogens is 1. The zero-order valence-electron chi connectivity index (χ0n) is 11.9. The van der Waals surface area contributed by atoms with Crippen LogP contribution in [0.4, 0.5) is 0 Å². The average Bonchev–Trinajstić information content (AvgIpc) is 2.46. The Morgan fingerprint density at radius 1 is 1.19 bits per heavy atom. The van der Waals surface area contributed by atoms with Crippen LogP contribution in [0.2, 0.25) is 0 Å². The second-order valence-electron chi connectivity index (χ2n) is 4.22. The molecule has 0 aliphatic heterocycles. The van der Waals surface area contributed by atoms with Crippen LogP contribution in [0.5, 0.6) is 0 Å². The number of carbonyl (C=O) groups is 2. The Hall–Kier alpha value is -2.09. The fourth-order valence-corrected chi connectivity index (χ4v) is 1.50. The zero-order chi connectivity index (χ0) is 15.7. The molecule has 0 unspecified atom stereocenters. The van der Waals surface area contributed by atoms with Gasteiger partial charge in [0.05, 0.1) is 0 Å². The van der Waals surface area contributed by atoms with Crippen LogP contribution < -0.4 is 4.37 Å². The normalized spacial score (nSPS) is 9.29. The Labute approximate surface area is 132 Å². The number of rotatable bonds is 3. The van der Waals surface area contributed by atoms with Crippen molar-refractivity contribution in [1.82, 2.24) is 4.98 Å². The summed E-state index contributed by atoms with van der Waals surface area (Å²) in [5.74, 6) is -1.17. The van der Waals surface area contributed by atoms with Gasteiger partial charge in [-0.1, -0.05) is 0 Å². The zero-order valence-corrected chi connectivity index (χ0v) is 11.9. The molecule has 5 nitrogen and oxygen atoms in total. The van der Waals surface area contributed by atoms with E-state index in [2.05, 4.69) is 4.98 Å². The maximum absolute atomic E-state index is 11.8. The van der Waals surface area contributed by atoms with Crippen LogP contribution in [0.15, 0.2) is 48.7 Å². The van der Waals surface area contributed by atoms with Gasteiger partial charge < -0.3 is 5.11 Å². The molecule has 1 N–H and O–H groups in total. The van der Waals surface area contributed by atoms with Crippen LogP contribution in [-0.2, 0) is 16.1 Å². The Bertz CT molecular complexity index is 598. The summed E-state index contributed by atoms with van der Waals surface area (Å²) < 4.78 is 5.90. The summed E-state index contributed by atoms with van der Waals surface area (Å²) in [6.45, 7) is 1.37. The van der Waals surface area contributed by atoms with Crippen LogP contribution >= 0.6 is 0 Å². The molecule has 0 atom stereocenters. The van der Waals surface area contributed by atoms with Crippen LogP contribution in [0.3, 0.4) is 0 Å². The van der Waals surface area contributed by atoms with Crippen molar-refractivity contribution in [3.05, 3.63) is 59.8 Å². The Balaban J connectivity index is 0.000000491. The summed E-state index contributed by atoms with van der Waals surface area (Å²) in [5, 5.41) is 7.42. The quantitative estimate of drug-likeness (QED) is 0.677. The standard InChI is InChI=1S/C13H10NO2.C2H4O2.Li/c15-13(12-7-4-8-14-9-12)16-10-11-5-2-1-3-6-11;1-2(3)4;/h1-8H,10H2;1H3,(H,3,4);. The van der Waals surface area contributed by atoms with Gasteiger partial charge in [-0.3, -0.25) is 4.79 Å². The van der Waals surface area contributed by atoms with Crippen LogP contribution in [0.25, 0.3) is 0 Å².